The first-order valence-electron chi connectivity index (χ1n) is 11.6. The molecule has 0 saturated carbocycles. The highest BCUT2D eigenvalue weighted by Gasteiger charge is 2.27. The van der Waals surface area contributed by atoms with Crippen molar-refractivity contribution in [3.63, 3.8) is 0 Å². The number of nitrogens with one attached hydrogen (secondary N) is 1. The SMILES string of the molecule is CCC(C)NC(=O)C(C)N(Cc1ccc(Br)cc1)C(=O)CCCN(c1ccc(F)c(F)c1)S(C)(=O)=O. The minimum Gasteiger partial charge on any atom is -0.352 e. The molecule has 0 spiro atoms. The number of halogens is 3. The van der Waals surface area contributed by atoms with Crippen molar-refractivity contribution in [3.8, 4) is 0 Å². The zero-order valence-corrected chi connectivity index (χ0v) is 23.2. The number of nitrogens with zero attached hydrogens (tertiary/aromatic N) is 2. The Morgan fingerprint density at radius 3 is 2.25 bits per heavy atom. The van der Waals surface area contributed by atoms with Gasteiger partial charge >= 0.3 is 0 Å². The van der Waals surface area contributed by atoms with E-state index >= 15 is 0 Å². The van der Waals surface area contributed by atoms with Crippen molar-refractivity contribution in [2.24, 2.45) is 0 Å². The number of hydrogen-bond acceptors (Lipinski definition) is 4. The molecule has 0 aliphatic carbocycles. The first-order valence-corrected chi connectivity index (χ1v) is 14.2. The molecule has 0 radical (unpaired) electrons. The summed E-state index contributed by atoms with van der Waals surface area (Å²) >= 11 is 3.38. The van der Waals surface area contributed by atoms with Gasteiger partial charge in [-0.2, -0.15) is 0 Å². The predicted molar refractivity (Wildman–Crippen MR) is 140 cm³/mol. The van der Waals surface area contributed by atoms with Crippen LogP contribution in [0.4, 0.5) is 14.5 Å². The highest BCUT2D eigenvalue weighted by atomic mass is 79.9. The van der Waals surface area contributed by atoms with Crippen LogP contribution < -0.4 is 9.62 Å². The fourth-order valence-corrected chi connectivity index (χ4v) is 4.70. The van der Waals surface area contributed by atoms with Crippen molar-refractivity contribution in [3.05, 3.63) is 64.1 Å². The lowest BCUT2D eigenvalue weighted by atomic mass is 10.1. The van der Waals surface area contributed by atoms with E-state index in [0.717, 1.165) is 39.2 Å². The summed E-state index contributed by atoms with van der Waals surface area (Å²) in [5.41, 5.74) is 0.797. The third kappa shape index (κ3) is 8.55. The number of hydrogen-bond donors (Lipinski definition) is 1. The van der Waals surface area contributed by atoms with Gasteiger partial charge in [0.25, 0.3) is 0 Å². The Balaban J connectivity index is 2.18. The van der Waals surface area contributed by atoms with E-state index in [1.807, 2.05) is 38.1 Å². The predicted octanol–water partition coefficient (Wildman–Crippen LogP) is 4.61. The molecule has 2 atom stereocenters. The highest BCUT2D eigenvalue weighted by Crippen LogP contribution is 2.22. The first-order chi connectivity index (χ1) is 16.8. The summed E-state index contributed by atoms with van der Waals surface area (Å²) in [6.07, 6.45) is 1.76. The first kappa shape index (κ1) is 29.7. The van der Waals surface area contributed by atoms with Gasteiger partial charge in [0, 0.05) is 36.1 Å². The molecule has 36 heavy (non-hydrogen) atoms. The van der Waals surface area contributed by atoms with Gasteiger partial charge in [0.1, 0.15) is 6.04 Å². The molecule has 2 unspecified atom stereocenters. The van der Waals surface area contributed by atoms with E-state index in [1.165, 1.54) is 11.0 Å². The fourth-order valence-electron chi connectivity index (χ4n) is 3.48. The largest absolute Gasteiger partial charge is 0.352 e. The quantitative estimate of drug-likeness (QED) is 0.393. The standard InChI is InChI=1S/C25H32BrF2N3O4S/c1-5-17(2)29-25(33)18(3)30(16-19-8-10-20(26)11-9-19)24(32)7-6-14-31(36(4,34)35)21-12-13-22(27)23(28)15-21/h8-13,15,17-18H,5-7,14,16H2,1-4H3,(H,29,33). The van der Waals surface area contributed by atoms with Crippen LogP contribution in [0.2, 0.25) is 0 Å². The molecule has 2 amide bonds. The van der Waals surface area contributed by atoms with Gasteiger partial charge in [-0.15, -0.1) is 0 Å². The molecule has 0 bridgehead atoms. The topological polar surface area (TPSA) is 86.8 Å². The monoisotopic (exact) mass is 587 g/mol. The lowest BCUT2D eigenvalue weighted by Crippen LogP contribution is -2.49. The zero-order valence-electron chi connectivity index (χ0n) is 20.8. The van der Waals surface area contributed by atoms with Gasteiger partial charge in [-0.1, -0.05) is 35.0 Å². The van der Waals surface area contributed by atoms with Crippen LogP contribution in [0.1, 0.15) is 45.6 Å². The smallest absolute Gasteiger partial charge is 0.242 e. The van der Waals surface area contributed by atoms with Crippen molar-refractivity contribution in [1.29, 1.82) is 0 Å². The Morgan fingerprint density at radius 1 is 1.06 bits per heavy atom. The molecular formula is C25H32BrF2N3O4S. The van der Waals surface area contributed by atoms with Crippen LogP contribution in [0.3, 0.4) is 0 Å². The second-order valence-electron chi connectivity index (χ2n) is 8.68. The van der Waals surface area contributed by atoms with Crippen molar-refractivity contribution in [1.82, 2.24) is 10.2 Å². The Kier molecular flexibility index (Phi) is 10.8. The average molecular weight is 589 g/mol. The van der Waals surface area contributed by atoms with Crippen molar-refractivity contribution >= 4 is 43.5 Å². The van der Waals surface area contributed by atoms with E-state index < -0.39 is 27.7 Å². The van der Waals surface area contributed by atoms with E-state index in [0.29, 0.717) is 0 Å². The molecule has 198 valence electrons. The zero-order chi connectivity index (χ0) is 27.0. The molecule has 7 nitrogen and oxygen atoms in total. The summed E-state index contributed by atoms with van der Waals surface area (Å²) < 4.78 is 53.4. The third-order valence-electron chi connectivity index (χ3n) is 5.78. The molecule has 2 aromatic carbocycles. The maximum absolute atomic E-state index is 13.7. The summed E-state index contributed by atoms with van der Waals surface area (Å²) in [7, 11) is -3.81. The van der Waals surface area contributed by atoms with Gasteiger partial charge in [0.2, 0.25) is 21.8 Å². The van der Waals surface area contributed by atoms with Crippen LogP contribution in [0.5, 0.6) is 0 Å². The van der Waals surface area contributed by atoms with Crippen LogP contribution in [0, 0.1) is 11.6 Å². The van der Waals surface area contributed by atoms with Gasteiger partial charge in [-0.05, 0) is 56.5 Å². The summed E-state index contributed by atoms with van der Waals surface area (Å²) in [4.78, 5) is 27.5. The molecule has 0 aliphatic rings. The number of carbonyl (C=O) groups is 2. The third-order valence-corrected chi connectivity index (χ3v) is 7.50. The Morgan fingerprint density at radius 2 is 1.69 bits per heavy atom. The van der Waals surface area contributed by atoms with E-state index in [-0.39, 0.29) is 49.5 Å². The number of rotatable bonds is 12. The Labute approximate surface area is 220 Å². The van der Waals surface area contributed by atoms with Crippen LogP contribution in [-0.4, -0.2) is 50.0 Å². The summed E-state index contributed by atoms with van der Waals surface area (Å²) in [6, 6.07) is 9.39. The van der Waals surface area contributed by atoms with Crippen LogP contribution in [0.15, 0.2) is 46.9 Å². The molecular weight excluding hydrogens is 556 g/mol. The molecule has 0 aliphatic heterocycles. The maximum atomic E-state index is 13.7. The van der Waals surface area contributed by atoms with Gasteiger partial charge in [-0.3, -0.25) is 13.9 Å². The number of anilines is 1. The molecule has 11 heteroatoms. The molecule has 0 fully saturated rings. The van der Waals surface area contributed by atoms with Gasteiger partial charge < -0.3 is 10.2 Å². The summed E-state index contributed by atoms with van der Waals surface area (Å²) in [6.45, 7) is 5.55. The molecule has 0 aromatic heterocycles. The van der Waals surface area contributed by atoms with E-state index in [2.05, 4.69) is 21.2 Å². The van der Waals surface area contributed by atoms with Crippen molar-refractivity contribution in [2.45, 2.75) is 58.7 Å². The molecule has 1 N–H and O–H groups in total. The molecule has 2 rings (SSSR count). The van der Waals surface area contributed by atoms with Crippen molar-refractivity contribution < 1.29 is 26.8 Å². The second-order valence-corrected chi connectivity index (χ2v) is 11.5. The Hall–Kier alpha value is -2.53. The minimum atomic E-state index is -3.81. The number of amides is 2. The van der Waals surface area contributed by atoms with E-state index in [4.69, 9.17) is 0 Å². The lowest BCUT2D eigenvalue weighted by molar-refractivity contribution is -0.140. The molecule has 2 aromatic rings. The van der Waals surface area contributed by atoms with Gasteiger partial charge in [0.15, 0.2) is 11.6 Å². The molecule has 0 saturated heterocycles. The number of sulfonamides is 1. The minimum absolute atomic E-state index is 0.0307. The van der Waals surface area contributed by atoms with Crippen LogP contribution in [-0.2, 0) is 26.2 Å². The lowest BCUT2D eigenvalue weighted by Gasteiger charge is -2.30. The highest BCUT2D eigenvalue weighted by molar-refractivity contribution is 9.10. The fraction of sp³-hybridized carbons (Fsp3) is 0.440. The summed E-state index contributed by atoms with van der Waals surface area (Å²) in [5, 5.41) is 2.89. The number of benzene rings is 2. The van der Waals surface area contributed by atoms with Crippen molar-refractivity contribution in [2.75, 3.05) is 17.1 Å². The number of carbonyl (C=O) groups excluding carboxylic acids is 2. The normalized spacial score (nSPS) is 13.1. The van der Waals surface area contributed by atoms with E-state index in [1.54, 1.807) is 6.92 Å². The van der Waals surface area contributed by atoms with Gasteiger partial charge in [0.05, 0.1) is 11.9 Å². The van der Waals surface area contributed by atoms with Crippen LogP contribution in [0.25, 0.3) is 0 Å². The summed E-state index contributed by atoms with van der Waals surface area (Å²) in [5.74, 6) is -2.87. The second kappa shape index (κ2) is 13.1. The average Bonchev–Trinajstić information content (AvgIpc) is 2.81. The Bertz CT molecular complexity index is 1160. The van der Waals surface area contributed by atoms with Gasteiger partial charge in [-0.25, -0.2) is 17.2 Å². The van der Waals surface area contributed by atoms with E-state index in [9.17, 15) is 26.8 Å². The van der Waals surface area contributed by atoms with Crippen LogP contribution >= 0.6 is 15.9 Å². The maximum Gasteiger partial charge on any atom is 0.242 e. The molecule has 0 heterocycles.